The second-order valence-corrected chi connectivity index (χ2v) is 4.85. The average molecular weight is 304 g/mol. The monoisotopic (exact) mass is 304 g/mol. The van der Waals surface area contributed by atoms with E-state index < -0.39 is 0 Å². The number of benzene rings is 1. The van der Waals surface area contributed by atoms with Gasteiger partial charge in [0.2, 0.25) is 0 Å². The van der Waals surface area contributed by atoms with Crippen LogP contribution in [-0.4, -0.2) is 27.5 Å². The summed E-state index contributed by atoms with van der Waals surface area (Å²) in [6, 6.07) is 6.85. The molecule has 0 spiro atoms. The lowest BCUT2D eigenvalue weighted by Gasteiger charge is -2.13. The zero-order valence-corrected chi connectivity index (χ0v) is 12.3. The van der Waals surface area contributed by atoms with Crippen molar-refractivity contribution in [3.05, 3.63) is 48.0 Å². The Morgan fingerprint density at radius 3 is 2.95 bits per heavy atom. The Kier molecular flexibility index (Phi) is 4.89. The van der Waals surface area contributed by atoms with Gasteiger partial charge >= 0.3 is 0 Å². The summed E-state index contributed by atoms with van der Waals surface area (Å²) < 4.78 is 5.47. The Hall–Kier alpha value is -2.41. The van der Waals surface area contributed by atoms with E-state index >= 15 is 0 Å². The van der Waals surface area contributed by atoms with E-state index in [9.17, 15) is 4.79 Å². The molecule has 1 unspecified atom stereocenters. The van der Waals surface area contributed by atoms with Crippen molar-refractivity contribution < 1.29 is 9.53 Å². The number of aromatic nitrogens is 2. The van der Waals surface area contributed by atoms with Gasteiger partial charge in [0.05, 0.1) is 11.6 Å². The van der Waals surface area contributed by atoms with Crippen LogP contribution in [0.5, 0.6) is 5.75 Å². The molecule has 6 nitrogen and oxygen atoms in total. The summed E-state index contributed by atoms with van der Waals surface area (Å²) in [6.45, 7) is 1.71. The number of nitrogens with two attached hydrogens (primary N) is 1. The molecule has 21 heavy (non-hydrogen) atoms. The number of ether oxygens (including phenoxy) is 1. The lowest BCUT2D eigenvalue weighted by atomic mass is 10.2. The first-order chi connectivity index (χ1) is 10.1. The van der Waals surface area contributed by atoms with Crippen LogP contribution in [-0.2, 0) is 4.79 Å². The zero-order valence-electron chi connectivity index (χ0n) is 11.5. The van der Waals surface area contributed by atoms with Crippen LogP contribution < -0.4 is 15.8 Å². The Morgan fingerprint density at radius 2 is 2.29 bits per heavy atom. The highest BCUT2D eigenvalue weighted by Crippen LogP contribution is 2.17. The third kappa shape index (κ3) is 4.03. The van der Waals surface area contributed by atoms with Gasteiger partial charge in [0.25, 0.3) is 5.91 Å². The van der Waals surface area contributed by atoms with Crippen molar-refractivity contribution in [2.45, 2.75) is 13.0 Å². The molecule has 1 heterocycles. The van der Waals surface area contributed by atoms with E-state index in [1.165, 1.54) is 0 Å². The van der Waals surface area contributed by atoms with Crippen molar-refractivity contribution in [3.8, 4) is 5.75 Å². The van der Waals surface area contributed by atoms with Crippen molar-refractivity contribution in [2.75, 3.05) is 6.61 Å². The number of carbonyl (C=O) groups is 1. The van der Waals surface area contributed by atoms with Gasteiger partial charge in [0.1, 0.15) is 16.6 Å². The van der Waals surface area contributed by atoms with Gasteiger partial charge in [-0.3, -0.25) is 4.79 Å². The fourth-order valence-electron chi connectivity index (χ4n) is 1.81. The number of aromatic amines is 1. The third-order valence-electron chi connectivity index (χ3n) is 2.82. The average Bonchev–Trinajstić information content (AvgIpc) is 2.99. The molecule has 4 N–H and O–H groups in total. The van der Waals surface area contributed by atoms with Gasteiger partial charge in [-0.05, 0) is 19.1 Å². The highest BCUT2D eigenvalue weighted by atomic mass is 32.1. The Labute approximate surface area is 127 Å². The molecule has 2 rings (SSSR count). The molecule has 1 amide bonds. The number of hydrogen-bond donors (Lipinski definition) is 3. The van der Waals surface area contributed by atoms with Gasteiger partial charge in [-0.2, -0.15) is 0 Å². The van der Waals surface area contributed by atoms with Crippen molar-refractivity contribution in [2.24, 2.45) is 5.73 Å². The van der Waals surface area contributed by atoms with E-state index in [4.69, 9.17) is 22.7 Å². The minimum atomic E-state index is -0.253. The van der Waals surface area contributed by atoms with Gasteiger partial charge in [0.15, 0.2) is 6.61 Å². The minimum Gasteiger partial charge on any atom is -0.483 e. The number of carbonyl (C=O) groups excluding carboxylic acids is 1. The van der Waals surface area contributed by atoms with Crippen molar-refractivity contribution in [3.63, 3.8) is 0 Å². The van der Waals surface area contributed by atoms with E-state index in [2.05, 4.69) is 15.3 Å². The number of thiocarbonyl (C=S) groups is 1. The van der Waals surface area contributed by atoms with Gasteiger partial charge in [0, 0.05) is 12.4 Å². The predicted molar refractivity (Wildman–Crippen MR) is 83.0 cm³/mol. The molecule has 1 aromatic carbocycles. The molecule has 0 saturated heterocycles. The van der Waals surface area contributed by atoms with Gasteiger partial charge in [-0.25, -0.2) is 4.98 Å². The first kappa shape index (κ1) is 15.0. The largest absolute Gasteiger partial charge is 0.483 e. The molecular formula is C14H16N4O2S. The molecule has 1 atom stereocenters. The molecule has 0 saturated carbocycles. The molecule has 2 aromatic rings. The highest BCUT2D eigenvalue weighted by molar-refractivity contribution is 7.80. The number of para-hydroxylation sites is 1. The number of rotatable bonds is 6. The molecule has 0 aliphatic heterocycles. The van der Waals surface area contributed by atoms with Crippen LogP contribution in [0.3, 0.4) is 0 Å². The smallest absolute Gasteiger partial charge is 0.258 e. The lowest BCUT2D eigenvalue weighted by molar-refractivity contribution is -0.123. The summed E-state index contributed by atoms with van der Waals surface area (Å²) in [7, 11) is 0. The van der Waals surface area contributed by atoms with Crippen LogP contribution >= 0.6 is 12.2 Å². The minimum absolute atomic E-state index is 0.120. The number of nitrogens with zero attached hydrogens (tertiary/aromatic N) is 1. The normalized spacial score (nSPS) is 11.7. The van der Waals surface area contributed by atoms with Crippen LogP contribution in [0.4, 0.5) is 0 Å². The molecule has 0 fully saturated rings. The number of hydrogen-bond acceptors (Lipinski definition) is 4. The van der Waals surface area contributed by atoms with E-state index in [-0.39, 0.29) is 23.5 Å². The number of nitrogens with one attached hydrogen (secondary N) is 2. The first-order valence-corrected chi connectivity index (χ1v) is 6.79. The summed E-state index contributed by atoms with van der Waals surface area (Å²) >= 11 is 4.94. The SMILES string of the molecule is CC(NC(=O)COc1ccccc1C(N)=S)c1ncc[nH]1. The Bertz CT molecular complexity index is 628. The van der Waals surface area contributed by atoms with Crippen LogP contribution in [0.1, 0.15) is 24.4 Å². The second kappa shape index (κ2) is 6.85. The van der Waals surface area contributed by atoms with Gasteiger partial charge < -0.3 is 20.8 Å². The quantitative estimate of drug-likeness (QED) is 0.700. The number of H-pyrrole nitrogens is 1. The van der Waals surface area contributed by atoms with E-state index in [1.54, 1.807) is 36.7 Å². The second-order valence-electron chi connectivity index (χ2n) is 4.41. The van der Waals surface area contributed by atoms with Crippen LogP contribution in [0.15, 0.2) is 36.7 Å². The van der Waals surface area contributed by atoms with Crippen LogP contribution in [0.2, 0.25) is 0 Å². The highest BCUT2D eigenvalue weighted by Gasteiger charge is 2.13. The fourth-order valence-corrected chi connectivity index (χ4v) is 1.97. The molecule has 0 radical (unpaired) electrons. The molecule has 1 aromatic heterocycles. The fraction of sp³-hybridized carbons (Fsp3) is 0.214. The van der Waals surface area contributed by atoms with E-state index in [1.807, 2.05) is 6.92 Å². The number of amides is 1. The number of imidazole rings is 1. The maximum Gasteiger partial charge on any atom is 0.258 e. The summed E-state index contributed by atoms with van der Waals surface area (Å²) in [5, 5.41) is 2.78. The van der Waals surface area contributed by atoms with Crippen molar-refractivity contribution >= 4 is 23.1 Å². The summed E-state index contributed by atoms with van der Waals surface area (Å²) in [5.74, 6) is 0.925. The van der Waals surface area contributed by atoms with E-state index in [0.29, 0.717) is 17.1 Å². The van der Waals surface area contributed by atoms with Crippen molar-refractivity contribution in [1.82, 2.24) is 15.3 Å². The van der Waals surface area contributed by atoms with Gasteiger partial charge in [-0.1, -0.05) is 24.4 Å². The lowest BCUT2D eigenvalue weighted by Crippen LogP contribution is -2.32. The van der Waals surface area contributed by atoms with Gasteiger partial charge in [-0.15, -0.1) is 0 Å². The first-order valence-electron chi connectivity index (χ1n) is 6.38. The molecular weight excluding hydrogens is 288 g/mol. The molecule has 0 aliphatic rings. The molecule has 0 bridgehead atoms. The topological polar surface area (TPSA) is 93.0 Å². The Morgan fingerprint density at radius 1 is 1.52 bits per heavy atom. The molecule has 0 aliphatic carbocycles. The standard InChI is InChI=1S/C14H16N4O2S/c1-9(14-16-6-7-17-14)18-12(19)8-20-11-5-3-2-4-10(11)13(15)21/h2-7,9H,8H2,1H3,(H2,15,21)(H,16,17)(H,18,19). The van der Waals surface area contributed by atoms with Crippen molar-refractivity contribution in [1.29, 1.82) is 0 Å². The molecule has 110 valence electrons. The predicted octanol–water partition coefficient (Wildman–Crippen LogP) is 1.30. The maximum atomic E-state index is 11.9. The summed E-state index contributed by atoms with van der Waals surface area (Å²) in [4.78, 5) is 19.1. The Balaban J connectivity index is 1.91. The molecule has 7 heteroatoms. The summed E-state index contributed by atoms with van der Waals surface area (Å²) in [5.41, 5.74) is 6.21. The summed E-state index contributed by atoms with van der Waals surface area (Å²) in [6.07, 6.45) is 3.33. The maximum absolute atomic E-state index is 11.9. The van der Waals surface area contributed by atoms with Crippen LogP contribution in [0, 0.1) is 0 Å². The van der Waals surface area contributed by atoms with E-state index in [0.717, 1.165) is 0 Å². The zero-order chi connectivity index (χ0) is 15.2. The van der Waals surface area contributed by atoms with Crippen LogP contribution in [0.25, 0.3) is 0 Å². The third-order valence-corrected chi connectivity index (χ3v) is 3.04.